The van der Waals surface area contributed by atoms with Gasteiger partial charge in [-0.2, -0.15) is 0 Å². The molecule has 0 heterocycles. The first-order valence-corrected chi connectivity index (χ1v) is 7.09. The number of hydrogen-bond donors (Lipinski definition) is 1. The summed E-state index contributed by atoms with van der Waals surface area (Å²) < 4.78 is 0. The van der Waals surface area contributed by atoms with E-state index in [4.69, 9.17) is 5.11 Å². The van der Waals surface area contributed by atoms with Crippen LogP contribution in [0.3, 0.4) is 0 Å². The molecule has 0 amide bonds. The molecule has 0 bridgehead atoms. The van der Waals surface area contributed by atoms with Crippen LogP contribution in [0.15, 0.2) is 12.7 Å². The number of hydrogen-bond acceptors (Lipinski definition) is 2. The standard InChI is InChI=1S/C15H27NO2/c1-4-8-16(11-15(17)18)14-7-5-6-13(10-14)9-12(2)3/h4,12-14H,1,5-11H2,2-3H3,(H,17,18). The molecule has 3 heteroatoms. The quantitative estimate of drug-likeness (QED) is 0.708. The summed E-state index contributed by atoms with van der Waals surface area (Å²) in [5.74, 6) is 0.772. The van der Waals surface area contributed by atoms with Gasteiger partial charge >= 0.3 is 5.97 Å². The summed E-state index contributed by atoms with van der Waals surface area (Å²) in [4.78, 5) is 13.0. The lowest BCUT2D eigenvalue weighted by atomic mass is 9.80. The maximum atomic E-state index is 10.9. The van der Waals surface area contributed by atoms with E-state index in [0.717, 1.165) is 24.7 Å². The zero-order valence-electron chi connectivity index (χ0n) is 11.8. The van der Waals surface area contributed by atoms with Gasteiger partial charge < -0.3 is 5.11 Å². The monoisotopic (exact) mass is 253 g/mol. The molecule has 3 nitrogen and oxygen atoms in total. The van der Waals surface area contributed by atoms with Crippen LogP contribution >= 0.6 is 0 Å². The second-order valence-electron chi connectivity index (χ2n) is 5.93. The van der Waals surface area contributed by atoms with E-state index in [1.165, 1.54) is 19.3 Å². The summed E-state index contributed by atoms with van der Waals surface area (Å²) in [6, 6.07) is 0.427. The number of nitrogens with zero attached hydrogens (tertiary/aromatic N) is 1. The highest BCUT2D eigenvalue weighted by molar-refractivity contribution is 5.69. The van der Waals surface area contributed by atoms with Crippen LogP contribution in [0.2, 0.25) is 0 Å². The topological polar surface area (TPSA) is 40.5 Å². The average molecular weight is 253 g/mol. The van der Waals surface area contributed by atoms with Gasteiger partial charge in [0.05, 0.1) is 6.54 Å². The molecule has 0 aliphatic heterocycles. The first kappa shape index (κ1) is 15.2. The smallest absolute Gasteiger partial charge is 0.317 e. The van der Waals surface area contributed by atoms with Gasteiger partial charge in [0, 0.05) is 12.6 Å². The molecule has 0 aromatic carbocycles. The van der Waals surface area contributed by atoms with Crippen LogP contribution in [0.25, 0.3) is 0 Å². The third kappa shape index (κ3) is 5.21. The molecule has 2 unspecified atom stereocenters. The molecule has 2 atom stereocenters. The molecule has 1 fully saturated rings. The Morgan fingerprint density at radius 3 is 2.78 bits per heavy atom. The van der Waals surface area contributed by atoms with Crippen LogP contribution in [0.1, 0.15) is 46.0 Å². The van der Waals surface area contributed by atoms with Gasteiger partial charge in [0.25, 0.3) is 0 Å². The van der Waals surface area contributed by atoms with Crippen molar-refractivity contribution in [3.05, 3.63) is 12.7 Å². The summed E-state index contributed by atoms with van der Waals surface area (Å²) in [6.45, 7) is 9.10. The third-order valence-electron chi connectivity index (χ3n) is 3.78. The third-order valence-corrected chi connectivity index (χ3v) is 3.78. The van der Waals surface area contributed by atoms with Gasteiger partial charge in [-0.1, -0.05) is 32.8 Å². The number of rotatable bonds is 7. The van der Waals surface area contributed by atoms with Gasteiger partial charge in [0.2, 0.25) is 0 Å². The molecule has 1 saturated carbocycles. The average Bonchev–Trinajstić information content (AvgIpc) is 2.27. The number of aliphatic carboxylic acids is 1. The Bertz CT molecular complexity index is 276. The Balaban J connectivity index is 2.55. The summed E-state index contributed by atoms with van der Waals surface area (Å²) in [7, 11) is 0. The second-order valence-corrected chi connectivity index (χ2v) is 5.93. The lowest BCUT2D eigenvalue weighted by Gasteiger charge is -2.36. The Kier molecular flexibility index (Phi) is 6.41. The molecular formula is C15H27NO2. The van der Waals surface area contributed by atoms with Gasteiger partial charge in [0.15, 0.2) is 0 Å². The van der Waals surface area contributed by atoms with E-state index in [0.29, 0.717) is 12.6 Å². The Hall–Kier alpha value is -0.830. The van der Waals surface area contributed by atoms with Crippen LogP contribution in [-0.4, -0.2) is 35.1 Å². The van der Waals surface area contributed by atoms with Crippen molar-refractivity contribution in [1.29, 1.82) is 0 Å². The molecule has 0 aromatic rings. The van der Waals surface area contributed by atoms with Crippen molar-refractivity contribution in [1.82, 2.24) is 4.90 Å². The molecule has 1 aliphatic rings. The van der Waals surface area contributed by atoms with Crippen LogP contribution in [-0.2, 0) is 4.79 Å². The molecule has 0 spiro atoms. The Morgan fingerprint density at radius 2 is 2.22 bits per heavy atom. The van der Waals surface area contributed by atoms with E-state index in [-0.39, 0.29) is 6.54 Å². The lowest BCUT2D eigenvalue weighted by Crippen LogP contribution is -2.42. The molecule has 18 heavy (non-hydrogen) atoms. The molecule has 0 saturated heterocycles. The van der Waals surface area contributed by atoms with Crippen molar-refractivity contribution in [2.75, 3.05) is 13.1 Å². The van der Waals surface area contributed by atoms with E-state index in [9.17, 15) is 4.79 Å². The van der Waals surface area contributed by atoms with E-state index < -0.39 is 5.97 Å². The minimum atomic E-state index is -0.733. The van der Waals surface area contributed by atoms with E-state index >= 15 is 0 Å². The summed E-state index contributed by atoms with van der Waals surface area (Å²) >= 11 is 0. The Morgan fingerprint density at radius 1 is 1.50 bits per heavy atom. The zero-order valence-corrected chi connectivity index (χ0v) is 11.8. The number of carboxylic acids is 1. The molecule has 1 N–H and O–H groups in total. The number of carbonyl (C=O) groups is 1. The van der Waals surface area contributed by atoms with Crippen molar-refractivity contribution >= 4 is 5.97 Å². The van der Waals surface area contributed by atoms with Gasteiger partial charge in [-0.05, 0) is 31.1 Å². The molecule has 1 rings (SSSR count). The highest BCUT2D eigenvalue weighted by Crippen LogP contribution is 2.31. The minimum absolute atomic E-state index is 0.144. The first-order valence-electron chi connectivity index (χ1n) is 7.09. The van der Waals surface area contributed by atoms with Crippen molar-refractivity contribution in [3.8, 4) is 0 Å². The van der Waals surface area contributed by atoms with E-state index in [2.05, 4.69) is 25.3 Å². The predicted octanol–water partition coefficient (Wildman–Crippen LogP) is 3.16. The molecule has 1 aliphatic carbocycles. The number of carboxylic acid groups (broad SMARTS) is 1. The van der Waals surface area contributed by atoms with Gasteiger partial charge in [-0.15, -0.1) is 6.58 Å². The molecular weight excluding hydrogens is 226 g/mol. The largest absolute Gasteiger partial charge is 0.480 e. The van der Waals surface area contributed by atoms with Crippen molar-refractivity contribution in [2.45, 2.75) is 52.0 Å². The van der Waals surface area contributed by atoms with Crippen LogP contribution in [0.5, 0.6) is 0 Å². The van der Waals surface area contributed by atoms with Crippen molar-refractivity contribution in [2.24, 2.45) is 11.8 Å². The van der Waals surface area contributed by atoms with Crippen molar-refractivity contribution in [3.63, 3.8) is 0 Å². The highest BCUT2D eigenvalue weighted by atomic mass is 16.4. The summed E-state index contributed by atoms with van der Waals surface area (Å²) in [5, 5.41) is 8.98. The van der Waals surface area contributed by atoms with Crippen LogP contribution in [0.4, 0.5) is 0 Å². The highest BCUT2D eigenvalue weighted by Gasteiger charge is 2.27. The fourth-order valence-electron chi connectivity index (χ4n) is 3.16. The van der Waals surface area contributed by atoms with Crippen LogP contribution < -0.4 is 0 Å². The van der Waals surface area contributed by atoms with Gasteiger partial charge in [0.1, 0.15) is 0 Å². The second kappa shape index (κ2) is 7.57. The predicted molar refractivity (Wildman–Crippen MR) is 74.6 cm³/mol. The van der Waals surface area contributed by atoms with Gasteiger partial charge in [-0.3, -0.25) is 9.69 Å². The molecule has 0 aromatic heterocycles. The van der Waals surface area contributed by atoms with Crippen molar-refractivity contribution < 1.29 is 9.90 Å². The molecule has 0 radical (unpaired) electrons. The maximum Gasteiger partial charge on any atom is 0.317 e. The SMILES string of the molecule is C=CCN(CC(=O)O)C1CCCC(CC(C)C)C1. The fourth-order valence-corrected chi connectivity index (χ4v) is 3.16. The van der Waals surface area contributed by atoms with E-state index in [1.807, 2.05) is 6.08 Å². The lowest BCUT2D eigenvalue weighted by molar-refractivity contribution is -0.139. The van der Waals surface area contributed by atoms with Gasteiger partial charge in [-0.25, -0.2) is 0 Å². The maximum absolute atomic E-state index is 10.9. The molecule has 104 valence electrons. The fraction of sp³-hybridized carbons (Fsp3) is 0.800. The first-order chi connectivity index (χ1) is 8.52. The van der Waals surface area contributed by atoms with Crippen LogP contribution in [0, 0.1) is 11.8 Å². The van der Waals surface area contributed by atoms with E-state index in [1.54, 1.807) is 0 Å². The minimum Gasteiger partial charge on any atom is -0.480 e. The summed E-state index contributed by atoms with van der Waals surface area (Å²) in [5.41, 5.74) is 0. The normalized spacial score (nSPS) is 24.4. The Labute approximate surface area is 111 Å². The zero-order chi connectivity index (χ0) is 13.5. The summed E-state index contributed by atoms with van der Waals surface area (Å²) in [6.07, 6.45) is 7.91.